The van der Waals surface area contributed by atoms with Crippen molar-refractivity contribution in [1.29, 1.82) is 0 Å². The summed E-state index contributed by atoms with van der Waals surface area (Å²) in [5, 5.41) is 3.11. The molecule has 0 aromatic heterocycles. The van der Waals surface area contributed by atoms with E-state index in [4.69, 9.17) is 9.47 Å². The third-order valence-electron chi connectivity index (χ3n) is 8.05. The van der Waals surface area contributed by atoms with Crippen LogP contribution in [-0.4, -0.2) is 73.6 Å². The van der Waals surface area contributed by atoms with Gasteiger partial charge in [-0.2, -0.15) is 0 Å². The van der Waals surface area contributed by atoms with Crippen LogP contribution in [0.5, 0.6) is 11.5 Å². The number of piperidine rings is 2. The number of ether oxygens (including phenoxy) is 2. The van der Waals surface area contributed by atoms with Crippen molar-refractivity contribution in [2.75, 3.05) is 39.9 Å². The lowest BCUT2D eigenvalue weighted by Gasteiger charge is -2.40. The van der Waals surface area contributed by atoms with Crippen molar-refractivity contribution in [2.45, 2.75) is 76.8 Å². The molecule has 1 aromatic rings. The van der Waals surface area contributed by atoms with Gasteiger partial charge in [-0.1, -0.05) is 19.4 Å². The van der Waals surface area contributed by atoms with Gasteiger partial charge in [-0.05, 0) is 94.1 Å². The molecule has 37 heavy (non-hydrogen) atoms. The van der Waals surface area contributed by atoms with Crippen LogP contribution < -0.4 is 14.8 Å². The van der Waals surface area contributed by atoms with Crippen LogP contribution in [0.1, 0.15) is 70.3 Å². The number of benzene rings is 1. The Morgan fingerprint density at radius 1 is 0.973 bits per heavy atom. The van der Waals surface area contributed by atoms with Gasteiger partial charge in [-0.25, -0.2) is 0 Å². The smallest absolute Gasteiger partial charge is 0.260 e. The maximum Gasteiger partial charge on any atom is 0.260 e. The summed E-state index contributed by atoms with van der Waals surface area (Å²) in [6.07, 6.45) is 13.8. The average molecular weight is 534 g/mol. The molecule has 0 radical (unpaired) electrons. The molecule has 0 unspecified atom stereocenters. The van der Waals surface area contributed by atoms with Crippen LogP contribution in [0.4, 0.5) is 0 Å². The zero-order valence-electron chi connectivity index (χ0n) is 22.5. The van der Waals surface area contributed by atoms with E-state index < -0.39 is 0 Å². The zero-order chi connectivity index (χ0) is 25.3. The molecule has 2 heterocycles. The first-order chi connectivity index (χ1) is 17.5. The Labute approximate surface area is 228 Å². The van der Waals surface area contributed by atoms with Crippen molar-refractivity contribution >= 4 is 30.3 Å². The highest BCUT2D eigenvalue weighted by molar-refractivity contribution is 5.92. The Bertz CT molecular complexity index is 902. The fourth-order valence-electron chi connectivity index (χ4n) is 5.73. The van der Waals surface area contributed by atoms with Crippen molar-refractivity contribution in [3.05, 3.63) is 29.8 Å². The largest absolute Gasteiger partial charge is 0.493 e. The minimum atomic E-state index is -0.0662. The van der Waals surface area contributed by atoms with Crippen LogP contribution >= 0.6 is 12.4 Å². The van der Waals surface area contributed by atoms with Gasteiger partial charge in [0.25, 0.3) is 5.91 Å². The van der Waals surface area contributed by atoms with E-state index in [0.29, 0.717) is 17.5 Å². The molecule has 4 rings (SSSR count). The van der Waals surface area contributed by atoms with E-state index in [0.717, 1.165) is 50.3 Å². The first kappa shape index (κ1) is 29.3. The molecule has 3 aliphatic rings. The highest BCUT2D eigenvalue weighted by atomic mass is 35.5. The summed E-state index contributed by atoms with van der Waals surface area (Å²) in [7, 11) is 1.58. The molecule has 1 N–H and O–H groups in total. The maximum absolute atomic E-state index is 12.8. The molecule has 1 aromatic carbocycles. The van der Waals surface area contributed by atoms with E-state index >= 15 is 0 Å². The van der Waals surface area contributed by atoms with Crippen LogP contribution in [0.25, 0.3) is 6.08 Å². The number of carbonyl (C=O) groups excluding carboxylic acids is 2. The Morgan fingerprint density at radius 3 is 2.35 bits per heavy atom. The molecular weight excluding hydrogens is 490 g/mol. The van der Waals surface area contributed by atoms with Crippen LogP contribution in [0, 0.1) is 5.92 Å². The molecule has 1 aliphatic carbocycles. The lowest BCUT2D eigenvalue weighted by atomic mass is 9.87. The second-order valence-corrected chi connectivity index (χ2v) is 10.7. The van der Waals surface area contributed by atoms with Crippen molar-refractivity contribution < 1.29 is 19.1 Å². The Kier molecular flexibility index (Phi) is 11.6. The summed E-state index contributed by atoms with van der Waals surface area (Å²) >= 11 is 0. The summed E-state index contributed by atoms with van der Waals surface area (Å²) in [4.78, 5) is 29.6. The lowest BCUT2D eigenvalue weighted by Crippen LogP contribution is -2.49. The average Bonchev–Trinajstić information content (AvgIpc) is 2.92. The number of nitrogens with one attached hydrogen (secondary N) is 1. The van der Waals surface area contributed by atoms with Crippen LogP contribution in [0.2, 0.25) is 0 Å². The first-order valence-electron chi connectivity index (χ1n) is 13.8. The molecule has 2 amide bonds. The minimum Gasteiger partial charge on any atom is -0.493 e. The molecule has 3 fully saturated rings. The molecule has 2 saturated heterocycles. The Hall–Kier alpha value is -2.25. The number of carbonyl (C=O) groups is 2. The second-order valence-electron chi connectivity index (χ2n) is 10.7. The number of hydrogen-bond acceptors (Lipinski definition) is 5. The van der Waals surface area contributed by atoms with Gasteiger partial charge < -0.3 is 24.6 Å². The number of methoxy groups -OCH3 is 1. The van der Waals surface area contributed by atoms with Gasteiger partial charge in [0.05, 0.1) is 7.11 Å². The van der Waals surface area contributed by atoms with Crippen molar-refractivity contribution in [2.24, 2.45) is 5.92 Å². The molecule has 1 saturated carbocycles. The minimum absolute atomic E-state index is 0. The van der Waals surface area contributed by atoms with Gasteiger partial charge in [0.15, 0.2) is 18.1 Å². The number of amides is 2. The molecule has 8 heteroatoms. The Morgan fingerprint density at radius 2 is 1.68 bits per heavy atom. The molecule has 0 spiro atoms. The zero-order valence-corrected chi connectivity index (χ0v) is 23.3. The maximum atomic E-state index is 12.8. The highest BCUT2D eigenvalue weighted by Crippen LogP contribution is 2.29. The van der Waals surface area contributed by atoms with Crippen LogP contribution in [-0.2, 0) is 9.59 Å². The molecule has 7 nitrogen and oxygen atoms in total. The monoisotopic (exact) mass is 533 g/mol. The first-order valence-corrected chi connectivity index (χ1v) is 13.8. The third kappa shape index (κ3) is 8.64. The fourth-order valence-corrected chi connectivity index (χ4v) is 5.73. The van der Waals surface area contributed by atoms with Gasteiger partial charge in [-0.15, -0.1) is 12.4 Å². The van der Waals surface area contributed by atoms with Crippen LogP contribution in [0.15, 0.2) is 24.3 Å². The van der Waals surface area contributed by atoms with Crippen LogP contribution in [0.3, 0.4) is 0 Å². The topological polar surface area (TPSA) is 71.1 Å². The molecule has 0 atom stereocenters. The predicted molar refractivity (Wildman–Crippen MR) is 149 cm³/mol. The van der Waals surface area contributed by atoms with Gasteiger partial charge in [-0.3, -0.25) is 9.59 Å². The van der Waals surface area contributed by atoms with Crippen molar-refractivity contribution in [1.82, 2.24) is 15.1 Å². The Balaban J connectivity index is 0.00000380. The number of nitrogens with zero attached hydrogens (tertiary/aromatic N) is 2. The quantitative estimate of drug-likeness (QED) is 0.491. The van der Waals surface area contributed by atoms with E-state index in [1.165, 1.54) is 45.2 Å². The van der Waals surface area contributed by atoms with Gasteiger partial charge in [0.2, 0.25) is 5.91 Å². The van der Waals surface area contributed by atoms with E-state index in [1.54, 1.807) is 25.3 Å². The molecule has 0 bridgehead atoms. The summed E-state index contributed by atoms with van der Waals surface area (Å²) in [6, 6.07) is 6.39. The van der Waals surface area contributed by atoms with E-state index in [9.17, 15) is 9.59 Å². The number of likely N-dealkylation sites (tertiary alicyclic amines) is 2. The van der Waals surface area contributed by atoms with Crippen molar-refractivity contribution in [3.8, 4) is 11.5 Å². The highest BCUT2D eigenvalue weighted by Gasteiger charge is 2.28. The SMILES string of the molecule is COc1cc(C=CC(=O)NC2CCC(C)CC2)ccc1OCC(=O)N1CCC(N2CCCCC2)CC1.Cl. The molecular formula is C29H44ClN3O4. The number of rotatable bonds is 8. The number of halogens is 1. The van der Waals surface area contributed by atoms with Gasteiger partial charge in [0, 0.05) is 31.2 Å². The fraction of sp³-hybridized carbons (Fsp3) is 0.655. The molecule has 206 valence electrons. The van der Waals surface area contributed by atoms with E-state index in [1.807, 2.05) is 17.0 Å². The standard InChI is InChI=1S/C29H43N3O4.ClH/c1-22-6-10-24(11-7-22)30-28(33)13-9-23-8-12-26(27(20-23)35-2)36-21-29(34)32-18-14-25(15-19-32)31-16-4-3-5-17-31;/h8-9,12-13,20,22,24-25H,3-7,10-11,14-19,21H2,1-2H3,(H,30,33);1H. The summed E-state index contributed by atoms with van der Waals surface area (Å²) in [5.74, 6) is 1.80. The predicted octanol–water partition coefficient (Wildman–Crippen LogP) is 4.68. The third-order valence-corrected chi connectivity index (χ3v) is 8.05. The van der Waals surface area contributed by atoms with Gasteiger partial charge >= 0.3 is 0 Å². The lowest BCUT2D eigenvalue weighted by molar-refractivity contribution is -0.135. The second kappa shape index (κ2) is 14.6. The summed E-state index contributed by atoms with van der Waals surface area (Å²) in [6.45, 7) is 6.28. The van der Waals surface area contributed by atoms with E-state index in [-0.39, 0.29) is 36.9 Å². The summed E-state index contributed by atoms with van der Waals surface area (Å²) in [5.41, 5.74) is 0.845. The molecule has 2 aliphatic heterocycles. The normalized spacial score (nSPS) is 23.4. The summed E-state index contributed by atoms with van der Waals surface area (Å²) < 4.78 is 11.3. The van der Waals surface area contributed by atoms with Crippen molar-refractivity contribution in [3.63, 3.8) is 0 Å². The van der Waals surface area contributed by atoms with E-state index in [2.05, 4.69) is 17.1 Å². The van der Waals surface area contributed by atoms with Gasteiger partial charge in [0.1, 0.15) is 0 Å². The number of hydrogen-bond donors (Lipinski definition) is 1.